The van der Waals surface area contributed by atoms with Gasteiger partial charge in [0.05, 0.1) is 24.2 Å². The highest BCUT2D eigenvalue weighted by molar-refractivity contribution is 6.04. The Labute approximate surface area is 149 Å². The fourth-order valence-electron chi connectivity index (χ4n) is 2.32. The van der Waals surface area contributed by atoms with E-state index < -0.39 is 17.5 Å². The first-order valence-electron chi connectivity index (χ1n) is 8.12. The van der Waals surface area contributed by atoms with Crippen molar-refractivity contribution >= 4 is 11.6 Å². The summed E-state index contributed by atoms with van der Waals surface area (Å²) >= 11 is 0. The number of carbonyl (C=O) groups is 1. The molecule has 1 amide bonds. The third-order valence-electron chi connectivity index (χ3n) is 3.55. The molecule has 1 aromatic heterocycles. The molecule has 1 N–H and O–H groups in total. The average Bonchev–Trinajstić information content (AvgIpc) is 3.08. The van der Waals surface area contributed by atoms with Crippen LogP contribution in [0.3, 0.4) is 0 Å². The van der Waals surface area contributed by atoms with Crippen LogP contribution in [0, 0.1) is 11.6 Å². The Bertz CT molecular complexity index is 910. The quantitative estimate of drug-likeness (QED) is 0.720. The number of nitrogens with one attached hydrogen (secondary N) is 1. The molecule has 0 radical (unpaired) electrons. The molecule has 1 heterocycles. The summed E-state index contributed by atoms with van der Waals surface area (Å²) in [6.07, 6.45) is 2.33. The van der Waals surface area contributed by atoms with E-state index in [0.29, 0.717) is 6.61 Å². The second kappa shape index (κ2) is 7.77. The van der Waals surface area contributed by atoms with Crippen LogP contribution in [-0.2, 0) is 0 Å². The lowest BCUT2D eigenvalue weighted by atomic mass is 10.2. The van der Waals surface area contributed by atoms with Crippen LogP contribution in [0.4, 0.5) is 14.5 Å². The van der Waals surface area contributed by atoms with E-state index in [0.717, 1.165) is 30.3 Å². The lowest BCUT2D eigenvalue weighted by molar-refractivity contribution is 0.101. The topological polar surface area (TPSA) is 56.2 Å². The smallest absolute Gasteiger partial charge is 0.280 e. The van der Waals surface area contributed by atoms with Gasteiger partial charge in [0, 0.05) is 6.07 Å². The van der Waals surface area contributed by atoms with Crippen molar-refractivity contribution < 1.29 is 18.3 Å². The van der Waals surface area contributed by atoms with Gasteiger partial charge < -0.3 is 10.1 Å². The summed E-state index contributed by atoms with van der Waals surface area (Å²) in [4.78, 5) is 12.6. The summed E-state index contributed by atoms with van der Waals surface area (Å²) in [5.74, 6) is -1.81. The minimum Gasteiger partial charge on any atom is -0.489 e. The van der Waals surface area contributed by atoms with E-state index in [4.69, 9.17) is 4.74 Å². The van der Waals surface area contributed by atoms with Gasteiger partial charge in [-0.2, -0.15) is 5.10 Å². The number of nitrogens with zero attached hydrogens (tertiary/aromatic N) is 2. The number of hydrogen-bond acceptors (Lipinski definition) is 3. The van der Waals surface area contributed by atoms with E-state index in [-0.39, 0.29) is 17.1 Å². The Morgan fingerprint density at radius 3 is 2.69 bits per heavy atom. The number of benzene rings is 2. The van der Waals surface area contributed by atoms with Gasteiger partial charge in [-0.05, 0) is 30.7 Å². The number of anilines is 1. The zero-order valence-corrected chi connectivity index (χ0v) is 14.1. The van der Waals surface area contributed by atoms with E-state index in [9.17, 15) is 13.6 Å². The Morgan fingerprint density at radius 1 is 1.19 bits per heavy atom. The number of para-hydroxylation sites is 1. The molecule has 0 unspecified atom stereocenters. The minimum absolute atomic E-state index is 0.00837. The first-order chi connectivity index (χ1) is 12.6. The van der Waals surface area contributed by atoms with Crippen molar-refractivity contribution in [3.63, 3.8) is 0 Å². The number of aromatic nitrogens is 2. The van der Waals surface area contributed by atoms with Crippen molar-refractivity contribution in [2.75, 3.05) is 11.9 Å². The molecule has 0 saturated carbocycles. The molecule has 3 rings (SSSR count). The lowest BCUT2D eigenvalue weighted by Gasteiger charge is -2.07. The van der Waals surface area contributed by atoms with Crippen molar-refractivity contribution in [3.8, 4) is 11.4 Å². The van der Waals surface area contributed by atoms with Crippen molar-refractivity contribution in [3.05, 3.63) is 72.1 Å². The summed E-state index contributed by atoms with van der Waals surface area (Å²) < 4.78 is 34.2. The second-order valence-electron chi connectivity index (χ2n) is 5.55. The molecule has 3 aromatic rings. The molecule has 0 aliphatic carbocycles. The SMILES string of the molecule is CCCOc1cn(-c2ccccc2)nc1C(=O)Nc1cc(F)ccc1F. The van der Waals surface area contributed by atoms with E-state index in [1.165, 1.54) is 4.68 Å². The Kier molecular flexibility index (Phi) is 5.26. The summed E-state index contributed by atoms with van der Waals surface area (Å²) in [6.45, 7) is 2.33. The van der Waals surface area contributed by atoms with Crippen LogP contribution in [0.2, 0.25) is 0 Å². The lowest BCUT2D eigenvalue weighted by Crippen LogP contribution is -2.15. The van der Waals surface area contributed by atoms with Gasteiger partial charge in [-0.15, -0.1) is 0 Å². The molecule has 0 aliphatic rings. The first-order valence-corrected chi connectivity index (χ1v) is 8.12. The summed E-state index contributed by atoms with van der Waals surface area (Å²) in [5.41, 5.74) is 0.474. The van der Waals surface area contributed by atoms with E-state index >= 15 is 0 Å². The van der Waals surface area contributed by atoms with Crippen LogP contribution in [-0.4, -0.2) is 22.3 Å². The van der Waals surface area contributed by atoms with Crippen LogP contribution in [0.25, 0.3) is 5.69 Å². The summed E-state index contributed by atoms with van der Waals surface area (Å²) in [6, 6.07) is 12.0. The predicted octanol–water partition coefficient (Wildman–Crippen LogP) is 4.19. The molecule has 7 heteroatoms. The molecule has 2 aromatic carbocycles. The third-order valence-corrected chi connectivity index (χ3v) is 3.55. The zero-order chi connectivity index (χ0) is 18.5. The van der Waals surface area contributed by atoms with Gasteiger partial charge in [0.25, 0.3) is 5.91 Å². The van der Waals surface area contributed by atoms with Crippen molar-refractivity contribution in [2.45, 2.75) is 13.3 Å². The van der Waals surface area contributed by atoms with E-state index in [2.05, 4.69) is 10.4 Å². The summed E-state index contributed by atoms with van der Waals surface area (Å²) in [7, 11) is 0. The molecule has 0 bridgehead atoms. The maximum Gasteiger partial charge on any atom is 0.280 e. The second-order valence-corrected chi connectivity index (χ2v) is 5.55. The van der Waals surface area contributed by atoms with Gasteiger partial charge in [-0.1, -0.05) is 25.1 Å². The molecule has 0 saturated heterocycles. The normalized spacial score (nSPS) is 10.6. The molecular formula is C19H17F2N3O2. The maximum atomic E-state index is 13.8. The highest BCUT2D eigenvalue weighted by Gasteiger charge is 2.20. The fraction of sp³-hybridized carbons (Fsp3) is 0.158. The number of carbonyl (C=O) groups excluding carboxylic acids is 1. The first kappa shape index (κ1) is 17.6. The molecular weight excluding hydrogens is 340 g/mol. The number of amides is 1. The van der Waals surface area contributed by atoms with Gasteiger partial charge in [-0.25, -0.2) is 13.5 Å². The third kappa shape index (κ3) is 3.88. The van der Waals surface area contributed by atoms with Gasteiger partial charge in [0.15, 0.2) is 11.4 Å². The van der Waals surface area contributed by atoms with Gasteiger partial charge in [0.1, 0.15) is 11.6 Å². The Morgan fingerprint density at radius 2 is 1.96 bits per heavy atom. The highest BCUT2D eigenvalue weighted by Crippen LogP contribution is 2.23. The summed E-state index contributed by atoms with van der Waals surface area (Å²) in [5, 5.41) is 6.58. The van der Waals surface area contributed by atoms with Crippen LogP contribution in [0.5, 0.6) is 5.75 Å². The van der Waals surface area contributed by atoms with Gasteiger partial charge in [0.2, 0.25) is 0 Å². The predicted molar refractivity (Wildman–Crippen MR) is 93.7 cm³/mol. The van der Waals surface area contributed by atoms with Gasteiger partial charge >= 0.3 is 0 Å². The number of rotatable bonds is 6. The molecule has 0 aliphatic heterocycles. The Hall–Kier alpha value is -3.22. The Balaban J connectivity index is 1.92. The zero-order valence-electron chi connectivity index (χ0n) is 14.1. The van der Waals surface area contributed by atoms with Crippen LogP contribution in [0.15, 0.2) is 54.7 Å². The van der Waals surface area contributed by atoms with Gasteiger partial charge in [-0.3, -0.25) is 4.79 Å². The molecule has 134 valence electrons. The largest absolute Gasteiger partial charge is 0.489 e. The number of halogens is 2. The fourth-order valence-corrected chi connectivity index (χ4v) is 2.32. The molecule has 0 fully saturated rings. The van der Waals surface area contributed by atoms with Crippen molar-refractivity contribution in [1.29, 1.82) is 0 Å². The maximum absolute atomic E-state index is 13.8. The average molecular weight is 357 g/mol. The van der Waals surface area contributed by atoms with E-state index in [1.807, 2.05) is 37.3 Å². The number of hydrogen-bond donors (Lipinski definition) is 1. The molecule has 0 spiro atoms. The molecule has 0 atom stereocenters. The van der Waals surface area contributed by atoms with Crippen LogP contribution in [0.1, 0.15) is 23.8 Å². The van der Waals surface area contributed by atoms with Crippen LogP contribution >= 0.6 is 0 Å². The molecule has 5 nitrogen and oxygen atoms in total. The standard InChI is InChI=1S/C19H17F2N3O2/c1-2-10-26-17-12-24(14-6-4-3-5-7-14)23-18(17)19(25)22-16-11-13(20)8-9-15(16)21/h3-9,11-12H,2,10H2,1H3,(H,22,25). The number of ether oxygens (including phenoxy) is 1. The van der Waals surface area contributed by atoms with Crippen LogP contribution < -0.4 is 10.1 Å². The van der Waals surface area contributed by atoms with E-state index in [1.54, 1.807) is 6.20 Å². The molecule has 26 heavy (non-hydrogen) atoms. The monoisotopic (exact) mass is 357 g/mol. The van der Waals surface area contributed by atoms with Crippen molar-refractivity contribution in [2.24, 2.45) is 0 Å². The highest BCUT2D eigenvalue weighted by atomic mass is 19.1. The van der Waals surface area contributed by atoms with Crippen molar-refractivity contribution in [1.82, 2.24) is 9.78 Å². The minimum atomic E-state index is -0.738.